The van der Waals surface area contributed by atoms with Gasteiger partial charge in [0.15, 0.2) is 0 Å². The van der Waals surface area contributed by atoms with Crippen LogP contribution in [0.1, 0.15) is 30.6 Å². The number of hydrogen-bond donors (Lipinski definition) is 3. The summed E-state index contributed by atoms with van der Waals surface area (Å²) in [6.07, 6.45) is 0.739. The Balaban J connectivity index is 2.02. The van der Waals surface area contributed by atoms with E-state index in [4.69, 9.17) is 0 Å². The summed E-state index contributed by atoms with van der Waals surface area (Å²) in [5.74, 6) is 0.687. The number of aromatic amines is 1. The molecule has 0 bridgehead atoms. The number of carbonyl (C=O) groups is 1. The van der Waals surface area contributed by atoms with Crippen LogP contribution in [0.25, 0.3) is 11.4 Å². The lowest BCUT2D eigenvalue weighted by Gasteiger charge is -2.18. The topological polar surface area (TPSA) is 104 Å². The number of carbonyl (C=O) groups excluding carboxylic acids is 1. The molecule has 0 spiro atoms. The second kappa shape index (κ2) is 6.94. The number of nitrogens with one attached hydrogen (secondary N) is 2. The molecule has 0 aliphatic carbocycles. The summed E-state index contributed by atoms with van der Waals surface area (Å²) in [6, 6.07) is 6.69. The standard InChI is InChI=1S/C14H19N5O2/c1-9(2)7-12(8-20)15-14(21)11-5-3-10(4-6-11)13-16-18-19-17-13/h3-6,9,12,20H,7-8H2,1-2H3,(H,15,21)(H,16,17,18,19). The summed E-state index contributed by atoms with van der Waals surface area (Å²) in [4.78, 5) is 12.1. The number of benzene rings is 1. The number of tetrazole rings is 1. The van der Waals surface area contributed by atoms with Gasteiger partial charge in [0.2, 0.25) is 5.82 Å². The van der Waals surface area contributed by atoms with Crippen LogP contribution in [0.2, 0.25) is 0 Å². The average molecular weight is 289 g/mol. The zero-order chi connectivity index (χ0) is 15.2. The number of hydrogen-bond acceptors (Lipinski definition) is 5. The number of aliphatic hydroxyl groups excluding tert-OH is 1. The zero-order valence-corrected chi connectivity index (χ0v) is 12.1. The molecule has 1 aromatic carbocycles. The van der Waals surface area contributed by atoms with Gasteiger partial charge >= 0.3 is 0 Å². The van der Waals surface area contributed by atoms with Gasteiger partial charge in [0, 0.05) is 11.1 Å². The molecule has 0 aliphatic heterocycles. The molecule has 7 nitrogen and oxygen atoms in total. The Hall–Kier alpha value is -2.28. The van der Waals surface area contributed by atoms with Crippen LogP contribution in [0.5, 0.6) is 0 Å². The molecule has 2 rings (SSSR count). The first-order valence-corrected chi connectivity index (χ1v) is 6.85. The molecule has 2 aromatic rings. The van der Waals surface area contributed by atoms with Crippen LogP contribution < -0.4 is 5.32 Å². The molecule has 1 aromatic heterocycles. The van der Waals surface area contributed by atoms with Gasteiger partial charge in [-0.05, 0) is 29.7 Å². The highest BCUT2D eigenvalue weighted by Gasteiger charge is 2.14. The summed E-state index contributed by atoms with van der Waals surface area (Å²) in [5.41, 5.74) is 1.31. The molecule has 0 saturated heterocycles. The van der Waals surface area contributed by atoms with Gasteiger partial charge in [-0.3, -0.25) is 4.79 Å². The predicted octanol–water partition coefficient (Wildman–Crippen LogP) is 1.00. The third kappa shape index (κ3) is 4.09. The lowest BCUT2D eigenvalue weighted by atomic mass is 10.0. The molecule has 0 fully saturated rings. The third-order valence-corrected chi connectivity index (χ3v) is 3.06. The van der Waals surface area contributed by atoms with Crippen molar-refractivity contribution in [1.82, 2.24) is 25.9 Å². The molecule has 1 amide bonds. The molecule has 3 N–H and O–H groups in total. The van der Waals surface area contributed by atoms with Crippen molar-refractivity contribution < 1.29 is 9.90 Å². The van der Waals surface area contributed by atoms with Gasteiger partial charge in [0.25, 0.3) is 5.91 Å². The van der Waals surface area contributed by atoms with Gasteiger partial charge < -0.3 is 10.4 Å². The Bertz CT molecular complexity index is 566. The van der Waals surface area contributed by atoms with E-state index in [1.807, 2.05) is 0 Å². The van der Waals surface area contributed by atoms with E-state index in [2.05, 4.69) is 39.8 Å². The fraction of sp³-hybridized carbons (Fsp3) is 0.429. The molecule has 1 heterocycles. The molecule has 1 atom stereocenters. The van der Waals surface area contributed by atoms with E-state index < -0.39 is 0 Å². The molecule has 1 unspecified atom stereocenters. The first-order valence-electron chi connectivity index (χ1n) is 6.85. The molecule has 21 heavy (non-hydrogen) atoms. The van der Waals surface area contributed by atoms with Crippen LogP contribution in [0.3, 0.4) is 0 Å². The van der Waals surface area contributed by atoms with Gasteiger partial charge in [-0.25, -0.2) is 0 Å². The van der Waals surface area contributed by atoms with Crippen molar-refractivity contribution in [3.8, 4) is 11.4 Å². The van der Waals surface area contributed by atoms with E-state index in [0.29, 0.717) is 17.3 Å². The minimum Gasteiger partial charge on any atom is -0.394 e. The van der Waals surface area contributed by atoms with Crippen LogP contribution in [-0.4, -0.2) is 44.3 Å². The summed E-state index contributed by atoms with van der Waals surface area (Å²) < 4.78 is 0. The molecule has 112 valence electrons. The normalized spacial score (nSPS) is 12.4. The summed E-state index contributed by atoms with van der Waals surface area (Å²) >= 11 is 0. The van der Waals surface area contributed by atoms with E-state index in [0.717, 1.165) is 12.0 Å². The second-order valence-corrected chi connectivity index (χ2v) is 5.30. The van der Waals surface area contributed by atoms with Gasteiger partial charge in [-0.1, -0.05) is 26.0 Å². The Labute approximate surface area is 122 Å². The number of rotatable bonds is 6. The van der Waals surface area contributed by atoms with E-state index in [1.165, 1.54) is 0 Å². The van der Waals surface area contributed by atoms with Crippen LogP contribution >= 0.6 is 0 Å². The average Bonchev–Trinajstić information content (AvgIpc) is 3.00. The van der Waals surface area contributed by atoms with Crippen molar-refractivity contribution in [2.75, 3.05) is 6.61 Å². The fourth-order valence-corrected chi connectivity index (χ4v) is 2.07. The number of aliphatic hydroxyl groups is 1. The van der Waals surface area contributed by atoms with Gasteiger partial charge in [0.1, 0.15) is 0 Å². The monoisotopic (exact) mass is 289 g/mol. The largest absolute Gasteiger partial charge is 0.394 e. The number of nitrogens with zero attached hydrogens (tertiary/aromatic N) is 3. The van der Waals surface area contributed by atoms with Gasteiger partial charge in [-0.15, -0.1) is 10.2 Å². The zero-order valence-electron chi connectivity index (χ0n) is 12.1. The highest BCUT2D eigenvalue weighted by atomic mass is 16.3. The van der Waals surface area contributed by atoms with E-state index >= 15 is 0 Å². The van der Waals surface area contributed by atoms with Crippen LogP contribution in [0.4, 0.5) is 0 Å². The highest BCUT2D eigenvalue weighted by Crippen LogP contribution is 2.14. The smallest absolute Gasteiger partial charge is 0.251 e. The third-order valence-electron chi connectivity index (χ3n) is 3.06. The molecular weight excluding hydrogens is 270 g/mol. The quantitative estimate of drug-likeness (QED) is 0.736. The number of amides is 1. The number of H-pyrrole nitrogens is 1. The second-order valence-electron chi connectivity index (χ2n) is 5.30. The van der Waals surface area contributed by atoms with Crippen molar-refractivity contribution in [2.45, 2.75) is 26.3 Å². The Kier molecular flexibility index (Phi) is 4.99. The summed E-state index contributed by atoms with van der Waals surface area (Å²) in [5, 5.41) is 25.7. The van der Waals surface area contributed by atoms with E-state index in [-0.39, 0.29) is 18.6 Å². The molecule has 0 aliphatic rings. The Morgan fingerprint density at radius 1 is 1.33 bits per heavy atom. The van der Waals surface area contributed by atoms with E-state index in [9.17, 15) is 9.90 Å². The summed E-state index contributed by atoms with van der Waals surface area (Å²) in [6.45, 7) is 4.04. The van der Waals surface area contributed by atoms with Crippen molar-refractivity contribution in [3.05, 3.63) is 29.8 Å². The van der Waals surface area contributed by atoms with E-state index in [1.54, 1.807) is 24.3 Å². The van der Waals surface area contributed by atoms with Gasteiger partial charge in [-0.2, -0.15) is 5.21 Å². The maximum atomic E-state index is 12.1. The van der Waals surface area contributed by atoms with Crippen molar-refractivity contribution in [2.24, 2.45) is 5.92 Å². The summed E-state index contributed by atoms with van der Waals surface area (Å²) in [7, 11) is 0. The van der Waals surface area contributed by atoms with Crippen LogP contribution in [0.15, 0.2) is 24.3 Å². The minimum absolute atomic E-state index is 0.0646. The maximum absolute atomic E-state index is 12.1. The van der Waals surface area contributed by atoms with Crippen molar-refractivity contribution in [3.63, 3.8) is 0 Å². The first kappa shape index (κ1) is 15.1. The minimum atomic E-state index is -0.227. The fourth-order valence-electron chi connectivity index (χ4n) is 2.07. The lowest BCUT2D eigenvalue weighted by Crippen LogP contribution is -2.38. The SMILES string of the molecule is CC(C)CC(CO)NC(=O)c1ccc(-c2nn[nH]n2)cc1. The molecular formula is C14H19N5O2. The van der Waals surface area contributed by atoms with Gasteiger partial charge in [0.05, 0.1) is 12.6 Å². The lowest BCUT2D eigenvalue weighted by molar-refractivity contribution is 0.0908. The van der Waals surface area contributed by atoms with Crippen LogP contribution in [-0.2, 0) is 0 Å². The maximum Gasteiger partial charge on any atom is 0.251 e. The molecule has 7 heteroatoms. The van der Waals surface area contributed by atoms with Crippen LogP contribution in [0, 0.1) is 5.92 Å². The molecule has 0 radical (unpaired) electrons. The first-order chi connectivity index (χ1) is 10.1. The predicted molar refractivity (Wildman–Crippen MR) is 77.4 cm³/mol. The van der Waals surface area contributed by atoms with Crippen molar-refractivity contribution in [1.29, 1.82) is 0 Å². The highest BCUT2D eigenvalue weighted by molar-refractivity contribution is 5.94. The molecule has 0 saturated carbocycles. The van der Waals surface area contributed by atoms with Crippen molar-refractivity contribution >= 4 is 5.91 Å². The Morgan fingerprint density at radius 2 is 2.05 bits per heavy atom. The number of aromatic nitrogens is 4. The Morgan fingerprint density at radius 3 is 2.57 bits per heavy atom.